The molecule has 0 N–H and O–H groups in total. The van der Waals surface area contributed by atoms with Crippen molar-refractivity contribution in [3.8, 4) is 0 Å². The summed E-state index contributed by atoms with van der Waals surface area (Å²) in [6.07, 6.45) is 11.9. The van der Waals surface area contributed by atoms with Crippen LogP contribution in [-0.2, 0) is 14.0 Å². The van der Waals surface area contributed by atoms with Gasteiger partial charge in [0.25, 0.3) is 0 Å². The van der Waals surface area contributed by atoms with E-state index in [0.717, 1.165) is 37.0 Å². The maximum Gasteiger partial charge on any atom is 0.640 e. The summed E-state index contributed by atoms with van der Waals surface area (Å²) >= 11 is 0. The largest absolute Gasteiger partial charge is 0.640 e. The second-order valence-electron chi connectivity index (χ2n) is 13.8. The topological polar surface area (TPSA) is 27.7 Å². The molecule has 3 fully saturated rings. The molecule has 0 heterocycles. The van der Waals surface area contributed by atoms with Gasteiger partial charge in [0.1, 0.15) is 0 Å². The van der Waals surface area contributed by atoms with Gasteiger partial charge in [-0.3, -0.25) is 0 Å². The molecule has 198 valence electrons. The van der Waals surface area contributed by atoms with Crippen molar-refractivity contribution < 1.29 is 14.0 Å². The Bertz CT molecular complexity index is 513. The minimum absolute atomic E-state index is 0.241. The summed E-state index contributed by atoms with van der Waals surface area (Å²) in [6.45, 7) is 21.3. The molecule has 0 aromatic heterocycles. The van der Waals surface area contributed by atoms with Crippen LogP contribution in [0.2, 0.25) is 0 Å². The zero-order chi connectivity index (χ0) is 25.0. The fraction of sp³-hybridized carbons (Fsp3) is 1.00. The molecule has 3 aliphatic carbocycles. The van der Waals surface area contributed by atoms with Crippen LogP contribution < -0.4 is 0 Å². The molecule has 3 nitrogen and oxygen atoms in total. The van der Waals surface area contributed by atoms with E-state index in [1.807, 2.05) is 0 Å². The van der Waals surface area contributed by atoms with Crippen molar-refractivity contribution in [1.82, 2.24) is 0 Å². The molecule has 0 aromatic carbocycles. The summed E-state index contributed by atoms with van der Waals surface area (Å²) in [5.74, 6) is 5.86. The Morgan fingerprint density at radius 1 is 0.471 bits per heavy atom. The van der Waals surface area contributed by atoms with Gasteiger partial charge >= 0.3 is 7.32 Å². The van der Waals surface area contributed by atoms with E-state index in [4.69, 9.17) is 14.0 Å². The summed E-state index contributed by atoms with van der Waals surface area (Å²) in [5.41, 5.74) is 0. The molecule has 0 spiro atoms. The molecular weight excluding hydrogens is 419 g/mol. The third-order valence-corrected chi connectivity index (χ3v) is 9.74. The first-order chi connectivity index (χ1) is 16.0. The standard InChI is InChI=1S/C30H57BO3/c1-19(2)25-13-10-22(7)16-28(25)32-31(33-29-17-23(8)11-14-26(29)20(3)4)34-30-18-24(9)12-15-27(30)21(5)6/h19-30H,10-18H2,1-9H3/t22-,23-,24-,25-,26-,27-,28-,29-,30-/m1/s1. The Kier molecular flexibility index (Phi) is 10.9. The third kappa shape index (κ3) is 7.72. The van der Waals surface area contributed by atoms with Crippen LogP contribution in [0.15, 0.2) is 0 Å². The van der Waals surface area contributed by atoms with E-state index < -0.39 is 7.32 Å². The Morgan fingerprint density at radius 3 is 0.971 bits per heavy atom. The average molecular weight is 477 g/mol. The predicted molar refractivity (Wildman–Crippen MR) is 144 cm³/mol. The van der Waals surface area contributed by atoms with Crippen molar-refractivity contribution in [3.05, 3.63) is 0 Å². The quantitative estimate of drug-likeness (QED) is 0.313. The van der Waals surface area contributed by atoms with Gasteiger partial charge in [0.15, 0.2) is 0 Å². The smallest absolute Gasteiger partial charge is 0.383 e. The zero-order valence-corrected chi connectivity index (χ0v) is 24.1. The minimum Gasteiger partial charge on any atom is -0.383 e. The van der Waals surface area contributed by atoms with Crippen LogP contribution in [0.25, 0.3) is 0 Å². The molecule has 0 amide bonds. The van der Waals surface area contributed by atoms with Gasteiger partial charge in [-0.15, -0.1) is 0 Å². The van der Waals surface area contributed by atoms with Crippen LogP contribution in [0.3, 0.4) is 0 Å². The van der Waals surface area contributed by atoms with Crippen LogP contribution >= 0.6 is 0 Å². The van der Waals surface area contributed by atoms with Gasteiger partial charge in [0.05, 0.1) is 0 Å². The maximum atomic E-state index is 6.92. The fourth-order valence-corrected chi connectivity index (χ4v) is 7.34. The number of rotatable bonds is 9. The second kappa shape index (κ2) is 13.0. The van der Waals surface area contributed by atoms with E-state index in [1.165, 1.54) is 38.5 Å². The highest BCUT2D eigenvalue weighted by Gasteiger charge is 2.43. The highest BCUT2D eigenvalue weighted by molar-refractivity contribution is 6.36. The molecule has 0 aromatic rings. The molecular formula is C30H57BO3. The first-order valence-electron chi connectivity index (χ1n) is 15.0. The lowest BCUT2D eigenvalue weighted by Crippen LogP contribution is -2.48. The molecule has 0 radical (unpaired) electrons. The number of hydrogen-bond donors (Lipinski definition) is 0. The van der Waals surface area contributed by atoms with Crippen LogP contribution in [0.5, 0.6) is 0 Å². The lowest BCUT2D eigenvalue weighted by Gasteiger charge is -2.43. The van der Waals surface area contributed by atoms with Gasteiger partial charge < -0.3 is 14.0 Å². The molecule has 9 atom stereocenters. The van der Waals surface area contributed by atoms with Crippen molar-refractivity contribution in [3.63, 3.8) is 0 Å². The number of hydrogen-bond acceptors (Lipinski definition) is 3. The lowest BCUT2D eigenvalue weighted by molar-refractivity contribution is -0.0763. The maximum absolute atomic E-state index is 6.92. The first kappa shape index (κ1) is 28.5. The SMILES string of the molecule is CC(C)[C@H]1CC[C@@H](C)C[C@H]1OB(O[C@@H]1C[C@H](C)CC[C@@H]1C(C)C)O[C@@H]1C[C@H](C)CC[C@@H]1C(C)C. The van der Waals surface area contributed by atoms with E-state index in [1.54, 1.807) is 0 Å². The minimum atomic E-state index is -0.523. The van der Waals surface area contributed by atoms with Crippen LogP contribution in [-0.4, -0.2) is 25.6 Å². The van der Waals surface area contributed by atoms with Crippen LogP contribution in [0.1, 0.15) is 120 Å². The van der Waals surface area contributed by atoms with Crippen molar-refractivity contribution in [1.29, 1.82) is 0 Å². The Balaban J connectivity index is 1.81. The van der Waals surface area contributed by atoms with Crippen LogP contribution in [0, 0.1) is 53.3 Å². The molecule has 3 saturated carbocycles. The van der Waals surface area contributed by atoms with Gasteiger partial charge in [0, 0.05) is 18.3 Å². The molecule has 3 aliphatic rings. The second-order valence-corrected chi connectivity index (χ2v) is 13.8. The monoisotopic (exact) mass is 476 g/mol. The van der Waals surface area contributed by atoms with Crippen molar-refractivity contribution in [2.24, 2.45) is 53.3 Å². The molecule has 0 bridgehead atoms. The Hall–Kier alpha value is -0.0551. The van der Waals surface area contributed by atoms with Gasteiger partial charge in [-0.25, -0.2) is 0 Å². The van der Waals surface area contributed by atoms with Crippen LogP contribution in [0.4, 0.5) is 0 Å². The zero-order valence-electron chi connectivity index (χ0n) is 24.1. The normalized spacial score (nSPS) is 39.7. The Labute approximate surface area is 213 Å². The van der Waals surface area contributed by atoms with E-state index in [0.29, 0.717) is 35.5 Å². The highest BCUT2D eigenvalue weighted by Crippen LogP contribution is 2.40. The molecule has 0 aliphatic heterocycles. The van der Waals surface area contributed by atoms with Gasteiger partial charge in [-0.2, -0.15) is 0 Å². The van der Waals surface area contributed by atoms with Crippen molar-refractivity contribution in [2.45, 2.75) is 138 Å². The van der Waals surface area contributed by atoms with Crippen molar-refractivity contribution in [2.75, 3.05) is 0 Å². The van der Waals surface area contributed by atoms with Crippen molar-refractivity contribution >= 4 is 7.32 Å². The van der Waals surface area contributed by atoms with Gasteiger partial charge in [-0.1, -0.05) is 81.6 Å². The predicted octanol–water partition coefficient (Wildman–Crippen LogP) is 8.40. The lowest BCUT2D eigenvalue weighted by atomic mass is 9.74. The highest BCUT2D eigenvalue weighted by atomic mass is 16.7. The third-order valence-electron chi connectivity index (χ3n) is 9.74. The summed E-state index contributed by atoms with van der Waals surface area (Å²) in [4.78, 5) is 0. The molecule has 0 saturated heterocycles. The summed E-state index contributed by atoms with van der Waals surface area (Å²) in [7, 11) is -0.523. The fourth-order valence-electron chi connectivity index (χ4n) is 7.34. The molecule has 3 rings (SSSR count). The van der Waals surface area contributed by atoms with Gasteiger partial charge in [-0.05, 0) is 91.8 Å². The molecule has 4 heteroatoms. The van der Waals surface area contributed by atoms with E-state index in [9.17, 15) is 0 Å². The molecule has 34 heavy (non-hydrogen) atoms. The average Bonchev–Trinajstić information content (AvgIpc) is 2.73. The summed E-state index contributed by atoms with van der Waals surface area (Å²) in [5, 5.41) is 0. The van der Waals surface area contributed by atoms with E-state index in [2.05, 4.69) is 62.3 Å². The van der Waals surface area contributed by atoms with Gasteiger partial charge in [0.2, 0.25) is 0 Å². The van der Waals surface area contributed by atoms with E-state index >= 15 is 0 Å². The van der Waals surface area contributed by atoms with E-state index in [-0.39, 0.29) is 18.3 Å². The Morgan fingerprint density at radius 2 is 0.735 bits per heavy atom. The summed E-state index contributed by atoms with van der Waals surface area (Å²) in [6, 6.07) is 0. The summed E-state index contributed by atoms with van der Waals surface area (Å²) < 4.78 is 20.8. The first-order valence-corrected chi connectivity index (χ1v) is 15.0. The molecule has 0 unspecified atom stereocenters.